The van der Waals surface area contributed by atoms with E-state index in [0.717, 1.165) is 22.5 Å². The number of fused-ring (bicyclic) bond motifs is 2. The second-order valence-electron chi connectivity index (χ2n) is 9.13. The summed E-state index contributed by atoms with van der Waals surface area (Å²) in [5, 5.41) is 8.78. The topological polar surface area (TPSA) is 69.8 Å². The largest absolute Gasteiger partial charge is 0.433 e. The van der Waals surface area contributed by atoms with Crippen molar-refractivity contribution in [2.75, 3.05) is 5.32 Å². The summed E-state index contributed by atoms with van der Waals surface area (Å²) in [6.45, 7) is 0. The van der Waals surface area contributed by atoms with Crippen molar-refractivity contribution in [3.8, 4) is 0 Å². The van der Waals surface area contributed by atoms with Gasteiger partial charge in [-0.25, -0.2) is 4.98 Å². The average Bonchev–Trinajstić information content (AvgIpc) is 3.23. The van der Waals surface area contributed by atoms with Crippen LogP contribution in [0, 0.1) is 0 Å². The number of benzene rings is 2. The molecule has 10 heteroatoms. The van der Waals surface area contributed by atoms with Crippen molar-refractivity contribution in [2.24, 2.45) is 0 Å². The third-order valence-electron chi connectivity index (χ3n) is 6.60. The molecule has 1 saturated carbocycles. The molecule has 0 spiro atoms. The molecule has 0 radical (unpaired) electrons. The number of carbonyl (C=O) groups excluding carboxylic acids is 1. The van der Waals surface area contributed by atoms with Crippen molar-refractivity contribution in [1.82, 2.24) is 15.3 Å². The smallest absolute Gasteiger partial charge is 0.382 e. The van der Waals surface area contributed by atoms with E-state index in [0.29, 0.717) is 46.8 Å². The Morgan fingerprint density at radius 3 is 2.56 bits per heavy atom. The van der Waals surface area contributed by atoms with Gasteiger partial charge in [-0.15, -0.1) is 0 Å². The van der Waals surface area contributed by atoms with E-state index in [1.165, 1.54) is 12.1 Å². The van der Waals surface area contributed by atoms with Crippen molar-refractivity contribution >= 4 is 56.6 Å². The number of nitrogens with zero attached hydrogens (tertiary/aromatic N) is 1. The van der Waals surface area contributed by atoms with E-state index in [1.54, 1.807) is 18.3 Å². The van der Waals surface area contributed by atoms with E-state index in [9.17, 15) is 18.0 Å². The summed E-state index contributed by atoms with van der Waals surface area (Å²) in [7, 11) is 0. The van der Waals surface area contributed by atoms with Crippen LogP contribution in [-0.4, -0.2) is 28.0 Å². The predicted octanol–water partition coefficient (Wildman–Crippen LogP) is 7.12. The number of anilines is 1. The zero-order valence-electron chi connectivity index (χ0n) is 19.1. The van der Waals surface area contributed by atoms with Gasteiger partial charge < -0.3 is 15.6 Å². The Balaban J connectivity index is 1.23. The maximum atomic E-state index is 13.4. The molecule has 0 unspecified atom stereocenters. The van der Waals surface area contributed by atoms with Crippen molar-refractivity contribution in [3.05, 3.63) is 70.0 Å². The van der Waals surface area contributed by atoms with E-state index in [2.05, 4.69) is 20.6 Å². The lowest BCUT2D eigenvalue weighted by Crippen LogP contribution is -2.40. The summed E-state index contributed by atoms with van der Waals surface area (Å²) < 4.78 is 40.2. The van der Waals surface area contributed by atoms with Crippen LogP contribution in [-0.2, 0) is 17.4 Å². The molecule has 36 heavy (non-hydrogen) atoms. The normalized spacial score (nSPS) is 18.5. The van der Waals surface area contributed by atoms with Gasteiger partial charge in [0.1, 0.15) is 5.69 Å². The molecule has 1 fully saturated rings. The van der Waals surface area contributed by atoms with E-state index < -0.39 is 11.9 Å². The summed E-state index contributed by atoms with van der Waals surface area (Å²) in [6, 6.07) is 11.2. The fraction of sp³-hybridized carbons (Fsp3) is 0.308. The molecule has 5 nitrogen and oxygen atoms in total. The van der Waals surface area contributed by atoms with Gasteiger partial charge in [0.2, 0.25) is 5.91 Å². The Hall–Kier alpha value is -2.97. The first-order chi connectivity index (χ1) is 17.2. The Kier molecular flexibility index (Phi) is 6.74. The highest BCUT2D eigenvalue weighted by atomic mass is 35.5. The number of aromatic amines is 1. The standard InChI is InChI=1S/C26H23Cl2F3N4O/c27-15-4-9-20-18(11-15)22(12-23(35-20)26(29,30)31)33-16-5-7-17(8-6-16)34-24(36)10-14-13-32-21-3-1-2-19(28)25(14)21/h1-4,9,11-13,16-17,32H,5-8,10H2,(H,33,35)(H,34,36)/t16-,17+. The molecule has 0 saturated heterocycles. The lowest BCUT2D eigenvalue weighted by Gasteiger charge is -2.30. The lowest BCUT2D eigenvalue weighted by atomic mass is 9.90. The first-order valence-corrected chi connectivity index (χ1v) is 12.4. The third-order valence-corrected chi connectivity index (χ3v) is 7.15. The first kappa shape index (κ1) is 24.7. The monoisotopic (exact) mass is 534 g/mol. The molecular weight excluding hydrogens is 512 g/mol. The fourth-order valence-electron chi connectivity index (χ4n) is 4.86. The van der Waals surface area contributed by atoms with E-state index in [-0.39, 0.29) is 29.9 Å². The number of pyridine rings is 1. The SMILES string of the molecule is O=C(Cc1c[nH]c2cccc(Cl)c12)N[C@H]1CC[C@@H](Nc2cc(C(F)(F)F)nc3ccc(Cl)cc23)CC1. The number of hydrogen-bond acceptors (Lipinski definition) is 3. The molecule has 2 heterocycles. The second kappa shape index (κ2) is 9.82. The molecular formula is C26H23Cl2F3N4O. The van der Waals surface area contributed by atoms with E-state index in [4.69, 9.17) is 23.2 Å². The highest BCUT2D eigenvalue weighted by Crippen LogP contribution is 2.35. The van der Waals surface area contributed by atoms with Crippen LogP contribution in [0.5, 0.6) is 0 Å². The number of H-pyrrole nitrogens is 1. The molecule has 0 atom stereocenters. The minimum absolute atomic E-state index is 0.00518. The Labute approximate surface area is 215 Å². The van der Waals surface area contributed by atoms with E-state index in [1.807, 2.05) is 12.1 Å². The van der Waals surface area contributed by atoms with Gasteiger partial charge >= 0.3 is 6.18 Å². The molecule has 1 amide bonds. The molecule has 1 aliphatic carbocycles. The van der Waals surface area contributed by atoms with Gasteiger partial charge in [0.15, 0.2) is 0 Å². The second-order valence-corrected chi connectivity index (χ2v) is 9.97. The van der Waals surface area contributed by atoms with Gasteiger partial charge in [-0.3, -0.25) is 4.79 Å². The molecule has 5 rings (SSSR count). The summed E-state index contributed by atoms with van der Waals surface area (Å²) in [4.78, 5) is 19.6. The van der Waals surface area contributed by atoms with Crippen LogP contribution >= 0.6 is 23.2 Å². The summed E-state index contributed by atoms with van der Waals surface area (Å²) >= 11 is 12.4. The number of alkyl halides is 3. The van der Waals surface area contributed by atoms with Crippen LogP contribution < -0.4 is 10.6 Å². The highest BCUT2D eigenvalue weighted by Gasteiger charge is 2.34. The van der Waals surface area contributed by atoms with Gasteiger partial charge in [0, 0.05) is 45.3 Å². The molecule has 1 aliphatic rings. The fourth-order valence-corrected chi connectivity index (χ4v) is 5.33. The summed E-state index contributed by atoms with van der Waals surface area (Å²) in [6.07, 6.45) is 0.303. The number of halogens is 5. The number of carbonyl (C=O) groups is 1. The first-order valence-electron chi connectivity index (χ1n) is 11.7. The van der Waals surface area contributed by atoms with Crippen molar-refractivity contribution in [2.45, 2.75) is 50.4 Å². The third kappa shape index (κ3) is 5.25. The summed E-state index contributed by atoms with van der Waals surface area (Å²) in [5.41, 5.74) is 1.37. The van der Waals surface area contributed by atoms with Crippen LogP contribution in [0.15, 0.2) is 48.7 Å². The molecule has 188 valence electrons. The van der Waals surface area contributed by atoms with Gasteiger partial charge in [-0.2, -0.15) is 13.2 Å². The van der Waals surface area contributed by atoms with Crippen LogP contribution in [0.1, 0.15) is 36.9 Å². The lowest BCUT2D eigenvalue weighted by molar-refractivity contribution is -0.140. The van der Waals surface area contributed by atoms with Gasteiger partial charge in [0.25, 0.3) is 0 Å². The van der Waals surface area contributed by atoms with Crippen LogP contribution in [0.25, 0.3) is 21.8 Å². The molecule has 2 aromatic carbocycles. The average molecular weight is 535 g/mol. The van der Waals surface area contributed by atoms with Crippen LogP contribution in [0.3, 0.4) is 0 Å². The number of nitrogens with one attached hydrogen (secondary N) is 3. The van der Waals surface area contributed by atoms with Crippen molar-refractivity contribution < 1.29 is 18.0 Å². The highest BCUT2D eigenvalue weighted by molar-refractivity contribution is 6.35. The van der Waals surface area contributed by atoms with Gasteiger partial charge in [0.05, 0.1) is 17.0 Å². The molecule has 3 N–H and O–H groups in total. The van der Waals surface area contributed by atoms with Crippen LogP contribution in [0.2, 0.25) is 10.0 Å². The minimum Gasteiger partial charge on any atom is -0.382 e. The Bertz CT molecular complexity index is 1430. The molecule has 2 aromatic heterocycles. The molecule has 4 aromatic rings. The zero-order chi connectivity index (χ0) is 25.4. The zero-order valence-corrected chi connectivity index (χ0v) is 20.6. The quantitative estimate of drug-likeness (QED) is 0.255. The van der Waals surface area contributed by atoms with Gasteiger partial charge in [-0.1, -0.05) is 29.3 Å². The van der Waals surface area contributed by atoms with Crippen molar-refractivity contribution in [1.29, 1.82) is 0 Å². The molecule has 0 bridgehead atoms. The van der Waals surface area contributed by atoms with Crippen molar-refractivity contribution in [3.63, 3.8) is 0 Å². The summed E-state index contributed by atoms with van der Waals surface area (Å²) in [5.74, 6) is -0.0863. The van der Waals surface area contributed by atoms with Crippen LogP contribution in [0.4, 0.5) is 18.9 Å². The molecule has 0 aliphatic heterocycles. The Morgan fingerprint density at radius 1 is 1.06 bits per heavy atom. The maximum absolute atomic E-state index is 13.4. The number of hydrogen-bond donors (Lipinski definition) is 3. The maximum Gasteiger partial charge on any atom is 0.433 e. The minimum atomic E-state index is -4.55. The predicted molar refractivity (Wildman–Crippen MR) is 137 cm³/mol. The van der Waals surface area contributed by atoms with Gasteiger partial charge in [-0.05, 0) is 67.6 Å². The number of aromatic nitrogens is 2. The van der Waals surface area contributed by atoms with E-state index >= 15 is 0 Å². The Morgan fingerprint density at radius 2 is 1.81 bits per heavy atom. The number of rotatable bonds is 5. The number of amides is 1.